The molecule has 1 fully saturated rings. The fourth-order valence-corrected chi connectivity index (χ4v) is 5.78. The maximum absolute atomic E-state index is 14.3. The van der Waals surface area contributed by atoms with Gasteiger partial charge >= 0.3 is 12.2 Å². The number of carbonyl (C=O) groups is 3. The van der Waals surface area contributed by atoms with E-state index < -0.39 is 36.0 Å². The van der Waals surface area contributed by atoms with E-state index in [-0.39, 0.29) is 43.7 Å². The number of aromatic amines is 1. The van der Waals surface area contributed by atoms with Crippen molar-refractivity contribution in [3.63, 3.8) is 0 Å². The first-order chi connectivity index (χ1) is 20.8. The molecule has 1 unspecified atom stereocenters. The van der Waals surface area contributed by atoms with Gasteiger partial charge in [0, 0.05) is 34.8 Å². The van der Waals surface area contributed by atoms with Gasteiger partial charge in [-0.3, -0.25) is 9.69 Å². The molecule has 0 bridgehead atoms. The number of amides is 3. The zero-order chi connectivity index (χ0) is 31.8. The maximum Gasteiger partial charge on any atom is 0.410 e. The van der Waals surface area contributed by atoms with Crippen LogP contribution in [0.15, 0.2) is 53.1 Å². The Hall–Kier alpha value is -3.93. The van der Waals surface area contributed by atoms with Crippen LogP contribution in [-0.2, 0) is 27.4 Å². The average molecular weight is 671 g/mol. The molecule has 0 aliphatic carbocycles. The lowest BCUT2D eigenvalue weighted by Crippen LogP contribution is -2.52. The fraction of sp³-hybridized carbons (Fsp3) is 0.438. The fourth-order valence-electron chi connectivity index (χ4n) is 5.52. The van der Waals surface area contributed by atoms with Crippen LogP contribution in [0, 0.1) is 11.7 Å². The molecule has 3 heterocycles. The first kappa shape index (κ1) is 31.5. The van der Waals surface area contributed by atoms with Gasteiger partial charge in [-0.15, -0.1) is 0 Å². The number of hydrogen-bond donors (Lipinski definition) is 2. The van der Waals surface area contributed by atoms with Crippen molar-refractivity contribution < 1.29 is 28.2 Å². The van der Waals surface area contributed by atoms with Crippen LogP contribution in [0.2, 0.25) is 0 Å². The van der Waals surface area contributed by atoms with Crippen LogP contribution in [0.25, 0.3) is 11.3 Å². The highest BCUT2D eigenvalue weighted by Gasteiger charge is 2.44. The summed E-state index contributed by atoms with van der Waals surface area (Å²) in [6.07, 6.45) is 0.133. The summed E-state index contributed by atoms with van der Waals surface area (Å²) in [6.45, 7) is 9.39. The molecule has 3 aromatic rings. The van der Waals surface area contributed by atoms with E-state index in [4.69, 9.17) is 14.5 Å². The van der Waals surface area contributed by atoms with Crippen molar-refractivity contribution in [2.45, 2.75) is 77.9 Å². The highest BCUT2D eigenvalue weighted by atomic mass is 79.9. The molecule has 0 radical (unpaired) electrons. The first-order valence-corrected chi connectivity index (χ1v) is 15.4. The Bertz CT molecular complexity index is 1540. The molecule has 2 N–H and O–H groups in total. The van der Waals surface area contributed by atoms with Gasteiger partial charge < -0.3 is 24.7 Å². The summed E-state index contributed by atoms with van der Waals surface area (Å²) in [4.78, 5) is 51.0. The molecule has 1 saturated heterocycles. The minimum absolute atomic E-state index is 0.0952. The smallest absolute Gasteiger partial charge is 0.410 e. The second-order valence-electron chi connectivity index (χ2n) is 12.5. The lowest BCUT2D eigenvalue weighted by atomic mass is 10.0. The van der Waals surface area contributed by atoms with E-state index in [2.05, 4.69) is 26.2 Å². The number of halogens is 2. The van der Waals surface area contributed by atoms with Gasteiger partial charge in [-0.05, 0) is 50.5 Å². The molecule has 44 heavy (non-hydrogen) atoms. The number of ether oxygens (including phenoxy) is 2. The van der Waals surface area contributed by atoms with E-state index in [1.165, 1.54) is 11.0 Å². The van der Waals surface area contributed by atoms with Crippen molar-refractivity contribution in [2.24, 2.45) is 5.92 Å². The largest absolute Gasteiger partial charge is 0.444 e. The molecule has 5 rings (SSSR count). The molecular weight excluding hydrogens is 633 g/mol. The predicted molar refractivity (Wildman–Crippen MR) is 165 cm³/mol. The zero-order valence-electron chi connectivity index (χ0n) is 25.4. The number of likely N-dealkylation sites (tertiary alicyclic amines) is 1. The van der Waals surface area contributed by atoms with Gasteiger partial charge in [-0.1, -0.05) is 54.0 Å². The Morgan fingerprint density at radius 3 is 2.50 bits per heavy atom. The van der Waals surface area contributed by atoms with Crippen molar-refractivity contribution in [3.05, 3.63) is 75.9 Å². The van der Waals surface area contributed by atoms with Crippen LogP contribution < -0.4 is 5.32 Å². The van der Waals surface area contributed by atoms with Crippen LogP contribution >= 0.6 is 15.9 Å². The quantitative estimate of drug-likeness (QED) is 0.317. The molecule has 10 nitrogen and oxygen atoms in total. The number of rotatable bonds is 6. The molecule has 3 atom stereocenters. The summed E-state index contributed by atoms with van der Waals surface area (Å²) in [5.74, 6) is -0.422. The Morgan fingerprint density at radius 2 is 1.84 bits per heavy atom. The second kappa shape index (κ2) is 12.6. The molecule has 3 amide bonds. The standard InChI is InChI=1S/C32H37BrFN5O5/c1-18(2)27(37-30(41)44-32(3,4)5)29(40)39-16-22(43-31(42)38-15-20-7-6-8-24(34)23(20)17-38)13-26(39)28-35-14-25(36-28)19-9-11-21(33)12-10-19/h6-12,14,18,22,26-27H,13,15-17H2,1-5H3,(H,35,36)(H,37,41)/t22-,26+,27?/m1/s1. The summed E-state index contributed by atoms with van der Waals surface area (Å²) >= 11 is 3.45. The maximum atomic E-state index is 14.3. The highest BCUT2D eigenvalue weighted by Crippen LogP contribution is 2.35. The van der Waals surface area contributed by atoms with E-state index in [0.717, 1.165) is 15.6 Å². The zero-order valence-corrected chi connectivity index (χ0v) is 27.0. The second-order valence-corrected chi connectivity index (χ2v) is 13.4. The predicted octanol–water partition coefficient (Wildman–Crippen LogP) is 6.32. The van der Waals surface area contributed by atoms with Gasteiger partial charge in [0.2, 0.25) is 5.91 Å². The molecular formula is C32H37BrFN5O5. The Morgan fingerprint density at radius 1 is 1.11 bits per heavy atom. The highest BCUT2D eigenvalue weighted by molar-refractivity contribution is 9.10. The number of fused-ring (bicyclic) bond motifs is 1. The van der Waals surface area contributed by atoms with E-state index in [1.807, 2.05) is 38.1 Å². The summed E-state index contributed by atoms with van der Waals surface area (Å²) in [5.41, 5.74) is 2.08. The monoisotopic (exact) mass is 669 g/mol. The van der Waals surface area contributed by atoms with Crippen LogP contribution in [0.3, 0.4) is 0 Å². The van der Waals surface area contributed by atoms with Gasteiger partial charge in [0.15, 0.2) is 0 Å². The average Bonchev–Trinajstić information content (AvgIpc) is 3.69. The minimum atomic E-state index is -0.890. The third-order valence-electron chi connectivity index (χ3n) is 7.66. The third-order valence-corrected chi connectivity index (χ3v) is 8.18. The number of nitrogens with one attached hydrogen (secondary N) is 2. The minimum Gasteiger partial charge on any atom is -0.444 e. The topological polar surface area (TPSA) is 117 Å². The molecule has 2 aromatic carbocycles. The van der Waals surface area contributed by atoms with E-state index in [9.17, 15) is 18.8 Å². The lowest BCUT2D eigenvalue weighted by Gasteiger charge is -2.31. The first-order valence-electron chi connectivity index (χ1n) is 14.6. The van der Waals surface area contributed by atoms with E-state index >= 15 is 0 Å². The number of imidazole rings is 1. The summed E-state index contributed by atoms with van der Waals surface area (Å²) in [6, 6.07) is 11.0. The van der Waals surface area contributed by atoms with E-state index in [0.29, 0.717) is 17.1 Å². The lowest BCUT2D eigenvalue weighted by molar-refractivity contribution is -0.136. The Labute approximate surface area is 264 Å². The van der Waals surface area contributed by atoms with Crippen molar-refractivity contribution >= 4 is 34.0 Å². The molecule has 12 heteroatoms. The number of alkyl carbamates (subject to hydrolysis) is 1. The molecule has 1 aromatic heterocycles. The van der Waals surface area contributed by atoms with Gasteiger partial charge in [-0.25, -0.2) is 19.0 Å². The molecule has 0 saturated carbocycles. The normalized spacial score (nSPS) is 18.7. The number of nitrogens with zero attached hydrogens (tertiary/aromatic N) is 3. The summed E-state index contributed by atoms with van der Waals surface area (Å²) < 4.78 is 26.6. The SMILES string of the molecule is CC(C)C(NC(=O)OC(C)(C)C)C(=O)N1C[C@H](OC(=O)N2Cc3cccc(F)c3C2)C[C@H]1c1nc(-c2ccc(Br)cc2)c[nH]1. The van der Waals surface area contributed by atoms with Crippen LogP contribution in [-0.4, -0.2) is 62.2 Å². The van der Waals surface area contributed by atoms with Crippen LogP contribution in [0.5, 0.6) is 0 Å². The van der Waals surface area contributed by atoms with Crippen molar-refractivity contribution in [1.29, 1.82) is 0 Å². The van der Waals surface area contributed by atoms with Crippen molar-refractivity contribution in [3.8, 4) is 11.3 Å². The molecule has 2 aliphatic rings. The van der Waals surface area contributed by atoms with E-state index in [1.54, 1.807) is 44.0 Å². The molecule has 0 spiro atoms. The third kappa shape index (κ3) is 7.06. The molecule has 234 valence electrons. The summed E-state index contributed by atoms with van der Waals surface area (Å²) in [7, 11) is 0. The van der Waals surface area contributed by atoms with Crippen molar-refractivity contribution in [1.82, 2.24) is 25.1 Å². The van der Waals surface area contributed by atoms with Crippen molar-refractivity contribution in [2.75, 3.05) is 6.54 Å². The van der Waals surface area contributed by atoms with Gasteiger partial charge in [0.05, 0.1) is 24.8 Å². The van der Waals surface area contributed by atoms with Crippen LogP contribution in [0.1, 0.15) is 64.0 Å². The molecule has 2 aliphatic heterocycles. The van der Waals surface area contributed by atoms with Gasteiger partial charge in [-0.2, -0.15) is 0 Å². The number of H-pyrrole nitrogens is 1. The van der Waals surface area contributed by atoms with Gasteiger partial charge in [0.25, 0.3) is 0 Å². The van der Waals surface area contributed by atoms with Gasteiger partial charge in [0.1, 0.15) is 29.4 Å². The Kier molecular flexibility index (Phi) is 9.01. The van der Waals surface area contributed by atoms with Crippen LogP contribution in [0.4, 0.5) is 14.0 Å². The number of benzene rings is 2. The number of hydrogen-bond acceptors (Lipinski definition) is 6. The Balaban J connectivity index is 1.37. The summed E-state index contributed by atoms with van der Waals surface area (Å²) in [5, 5.41) is 2.73. The number of carbonyl (C=O) groups excluding carboxylic acids is 3. The number of aromatic nitrogens is 2.